The molecule has 0 amide bonds. The molecule has 1 atom stereocenters. The first kappa shape index (κ1) is 17.1. The molecule has 134 valence electrons. The fraction of sp³-hybridized carbons (Fsp3) is 0.556. The maximum absolute atomic E-state index is 6.05. The number of rotatable bonds is 3. The maximum atomic E-state index is 6.05. The SMILES string of the molecule is CCNC(=NCc1nc2cc(Cl)ccc2s1)N1CCC2(CCOC2)C1. The van der Waals surface area contributed by atoms with Crippen LogP contribution < -0.4 is 5.32 Å². The topological polar surface area (TPSA) is 49.8 Å². The van der Waals surface area contributed by atoms with Gasteiger partial charge in [0.15, 0.2) is 5.96 Å². The molecule has 1 spiro atoms. The number of guanidine groups is 1. The molecular formula is C18H23ClN4OS. The number of ether oxygens (including phenoxy) is 1. The minimum atomic E-state index is 0.336. The minimum absolute atomic E-state index is 0.336. The molecule has 2 aromatic rings. The summed E-state index contributed by atoms with van der Waals surface area (Å²) < 4.78 is 6.79. The lowest BCUT2D eigenvalue weighted by Gasteiger charge is -2.24. The van der Waals surface area contributed by atoms with Crippen molar-refractivity contribution in [2.75, 3.05) is 32.8 Å². The van der Waals surface area contributed by atoms with Crippen LogP contribution in [0, 0.1) is 5.41 Å². The second-order valence-electron chi connectivity index (χ2n) is 6.86. The fourth-order valence-corrected chi connectivity index (χ4v) is 4.71. The van der Waals surface area contributed by atoms with Crippen LogP contribution in [0.4, 0.5) is 0 Å². The highest BCUT2D eigenvalue weighted by Crippen LogP contribution is 2.38. The van der Waals surface area contributed by atoms with Crippen molar-refractivity contribution in [3.8, 4) is 0 Å². The molecule has 2 saturated heterocycles. The van der Waals surface area contributed by atoms with Gasteiger partial charge >= 0.3 is 0 Å². The number of halogens is 1. The summed E-state index contributed by atoms with van der Waals surface area (Å²) in [6, 6.07) is 5.85. The van der Waals surface area contributed by atoms with Gasteiger partial charge in [0.05, 0.1) is 23.4 Å². The number of fused-ring (bicyclic) bond motifs is 1. The van der Waals surface area contributed by atoms with E-state index in [2.05, 4.69) is 22.1 Å². The van der Waals surface area contributed by atoms with Gasteiger partial charge < -0.3 is 15.0 Å². The average molecular weight is 379 g/mol. The first-order chi connectivity index (χ1) is 12.2. The maximum Gasteiger partial charge on any atom is 0.194 e. The second-order valence-corrected chi connectivity index (χ2v) is 8.42. The molecule has 7 heteroatoms. The lowest BCUT2D eigenvalue weighted by Crippen LogP contribution is -2.41. The Hall–Kier alpha value is -1.37. The van der Waals surface area contributed by atoms with Crippen molar-refractivity contribution in [2.45, 2.75) is 26.3 Å². The Kier molecular flexibility index (Phi) is 4.84. The third-order valence-electron chi connectivity index (χ3n) is 5.02. The first-order valence-electron chi connectivity index (χ1n) is 8.83. The molecule has 0 aliphatic carbocycles. The van der Waals surface area contributed by atoms with Crippen molar-refractivity contribution >= 4 is 39.1 Å². The molecule has 5 nitrogen and oxygen atoms in total. The Morgan fingerprint density at radius 1 is 1.48 bits per heavy atom. The van der Waals surface area contributed by atoms with E-state index in [0.29, 0.717) is 12.0 Å². The zero-order valence-electron chi connectivity index (χ0n) is 14.4. The predicted molar refractivity (Wildman–Crippen MR) is 104 cm³/mol. The summed E-state index contributed by atoms with van der Waals surface area (Å²) in [5.74, 6) is 0.989. The van der Waals surface area contributed by atoms with Gasteiger partial charge in [-0.1, -0.05) is 11.6 Å². The number of aliphatic imine (C=N–C) groups is 1. The van der Waals surface area contributed by atoms with Crippen LogP contribution in [-0.2, 0) is 11.3 Å². The number of hydrogen-bond acceptors (Lipinski definition) is 4. The normalized spacial score (nSPS) is 23.9. The summed E-state index contributed by atoms with van der Waals surface area (Å²) in [6.07, 6.45) is 2.36. The van der Waals surface area contributed by atoms with Crippen LogP contribution in [0.2, 0.25) is 5.02 Å². The van der Waals surface area contributed by atoms with E-state index in [1.807, 2.05) is 18.2 Å². The summed E-state index contributed by atoms with van der Waals surface area (Å²) >= 11 is 7.74. The van der Waals surface area contributed by atoms with Crippen molar-refractivity contribution in [2.24, 2.45) is 10.4 Å². The van der Waals surface area contributed by atoms with E-state index in [0.717, 1.165) is 59.1 Å². The number of hydrogen-bond donors (Lipinski definition) is 1. The Balaban J connectivity index is 1.49. The highest BCUT2D eigenvalue weighted by atomic mass is 35.5. The molecule has 1 N–H and O–H groups in total. The Bertz CT molecular complexity index is 784. The van der Waals surface area contributed by atoms with Gasteiger partial charge in [-0.3, -0.25) is 0 Å². The molecule has 25 heavy (non-hydrogen) atoms. The molecule has 2 aliphatic rings. The molecule has 1 aromatic carbocycles. The molecule has 1 aromatic heterocycles. The van der Waals surface area contributed by atoms with Crippen LogP contribution >= 0.6 is 22.9 Å². The van der Waals surface area contributed by atoms with E-state index in [4.69, 9.17) is 21.3 Å². The van der Waals surface area contributed by atoms with E-state index in [1.165, 1.54) is 12.8 Å². The zero-order chi connectivity index (χ0) is 17.3. The third kappa shape index (κ3) is 3.61. The van der Waals surface area contributed by atoms with E-state index >= 15 is 0 Å². The average Bonchev–Trinajstić information content (AvgIpc) is 3.32. The van der Waals surface area contributed by atoms with Crippen LogP contribution in [-0.4, -0.2) is 48.7 Å². The molecule has 0 saturated carbocycles. The van der Waals surface area contributed by atoms with Gasteiger partial charge in [0.25, 0.3) is 0 Å². The molecule has 0 bridgehead atoms. The molecule has 2 aliphatic heterocycles. The largest absolute Gasteiger partial charge is 0.381 e. The van der Waals surface area contributed by atoms with Gasteiger partial charge in [0.2, 0.25) is 0 Å². The Morgan fingerprint density at radius 3 is 3.20 bits per heavy atom. The second kappa shape index (κ2) is 7.09. The highest BCUT2D eigenvalue weighted by Gasteiger charge is 2.42. The molecule has 1 unspecified atom stereocenters. The van der Waals surface area contributed by atoms with Gasteiger partial charge in [0, 0.05) is 36.7 Å². The lowest BCUT2D eigenvalue weighted by atomic mass is 9.87. The zero-order valence-corrected chi connectivity index (χ0v) is 16.0. The Morgan fingerprint density at radius 2 is 2.40 bits per heavy atom. The van der Waals surface area contributed by atoms with Crippen LogP contribution in [0.5, 0.6) is 0 Å². The number of nitrogens with one attached hydrogen (secondary N) is 1. The van der Waals surface area contributed by atoms with Gasteiger partial charge in [0.1, 0.15) is 5.01 Å². The number of likely N-dealkylation sites (tertiary alicyclic amines) is 1. The molecular weight excluding hydrogens is 356 g/mol. The van der Waals surface area contributed by atoms with Gasteiger partial charge in [-0.05, 0) is 38.0 Å². The van der Waals surface area contributed by atoms with E-state index in [1.54, 1.807) is 11.3 Å². The summed E-state index contributed by atoms with van der Waals surface area (Å²) in [5.41, 5.74) is 1.29. The quantitative estimate of drug-likeness (QED) is 0.655. The van der Waals surface area contributed by atoms with Crippen molar-refractivity contribution in [3.63, 3.8) is 0 Å². The van der Waals surface area contributed by atoms with Crippen LogP contribution in [0.15, 0.2) is 23.2 Å². The van der Waals surface area contributed by atoms with Gasteiger partial charge in [-0.15, -0.1) is 11.3 Å². The molecule has 4 rings (SSSR count). The Labute approximate surface area is 157 Å². The molecule has 0 radical (unpaired) electrons. The number of benzene rings is 1. The summed E-state index contributed by atoms with van der Waals surface area (Å²) in [6.45, 7) is 7.45. The summed E-state index contributed by atoms with van der Waals surface area (Å²) in [5, 5.41) is 5.18. The third-order valence-corrected chi connectivity index (χ3v) is 6.27. The van der Waals surface area contributed by atoms with Crippen LogP contribution in [0.1, 0.15) is 24.8 Å². The van der Waals surface area contributed by atoms with Gasteiger partial charge in [-0.2, -0.15) is 0 Å². The summed E-state index contributed by atoms with van der Waals surface area (Å²) in [7, 11) is 0. The van der Waals surface area contributed by atoms with E-state index in [9.17, 15) is 0 Å². The first-order valence-corrected chi connectivity index (χ1v) is 10.0. The number of aromatic nitrogens is 1. The predicted octanol–water partition coefficient (Wildman–Crippen LogP) is 3.53. The van der Waals surface area contributed by atoms with Crippen molar-refractivity contribution in [1.82, 2.24) is 15.2 Å². The standard InChI is InChI=1S/C18H23ClN4OS/c1-2-20-17(23-7-5-18(11-23)6-8-24-12-18)21-10-16-22-14-9-13(19)3-4-15(14)25-16/h3-4,9H,2,5-8,10-12H2,1H3,(H,20,21). The number of nitrogens with zero attached hydrogens (tertiary/aromatic N) is 3. The van der Waals surface area contributed by atoms with Gasteiger partial charge in [-0.25, -0.2) is 9.98 Å². The van der Waals surface area contributed by atoms with E-state index in [-0.39, 0.29) is 0 Å². The monoisotopic (exact) mass is 378 g/mol. The lowest BCUT2D eigenvalue weighted by molar-refractivity contribution is 0.156. The minimum Gasteiger partial charge on any atom is -0.381 e. The smallest absolute Gasteiger partial charge is 0.194 e. The number of thiazole rings is 1. The van der Waals surface area contributed by atoms with Crippen molar-refractivity contribution < 1.29 is 4.74 Å². The molecule has 3 heterocycles. The van der Waals surface area contributed by atoms with Crippen LogP contribution in [0.3, 0.4) is 0 Å². The van der Waals surface area contributed by atoms with Crippen molar-refractivity contribution in [1.29, 1.82) is 0 Å². The van der Waals surface area contributed by atoms with E-state index < -0.39 is 0 Å². The van der Waals surface area contributed by atoms with Crippen molar-refractivity contribution in [3.05, 3.63) is 28.2 Å². The van der Waals surface area contributed by atoms with Crippen LogP contribution in [0.25, 0.3) is 10.2 Å². The fourth-order valence-electron chi connectivity index (χ4n) is 3.67. The summed E-state index contributed by atoms with van der Waals surface area (Å²) in [4.78, 5) is 11.9. The molecule has 2 fully saturated rings. The highest BCUT2D eigenvalue weighted by molar-refractivity contribution is 7.18.